The Balaban J connectivity index is 1.31. The van der Waals surface area contributed by atoms with Gasteiger partial charge in [0.25, 0.3) is 5.91 Å². The molecule has 2 aromatic rings. The van der Waals surface area contributed by atoms with Crippen LogP contribution in [0.25, 0.3) is 0 Å². The van der Waals surface area contributed by atoms with Gasteiger partial charge in [0, 0.05) is 42.9 Å². The Labute approximate surface area is 167 Å². The SMILES string of the molecule is O=C1CCc2c(F)cc(N3CC[C@@H](Oc4ccnc(OC5CCC5)c4)C3=O)cc21. The lowest BCUT2D eigenvalue weighted by molar-refractivity contribution is -0.122. The number of fused-ring (bicyclic) bond motifs is 1. The van der Waals surface area contributed by atoms with Crippen LogP contribution in [-0.2, 0) is 11.2 Å². The van der Waals surface area contributed by atoms with E-state index in [0.717, 1.165) is 12.8 Å². The minimum atomic E-state index is -0.666. The zero-order valence-corrected chi connectivity index (χ0v) is 15.9. The first-order chi connectivity index (χ1) is 14.1. The summed E-state index contributed by atoms with van der Waals surface area (Å²) in [5.74, 6) is 0.273. The van der Waals surface area contributed by atoms with Crippen LogP contribution in [0.1, 0.15) is 48.0 Å². The van der Waals surface area contributed by atoms with Gasteiger partial charge in [-0.3, -0.25) is 9.59 Å². The summed E-state index contributed by atoms with van der Waals surface area (Å²) in [4.78, 5) is 30.6. The second kappa shape index (κ2) is 7.13. The summed E-state index contributed by atoms with van der Waals surface area (Å²) >= 11 is 0. The highest BCUT2D eigenvalue weighted by molar-refractivity contribution is 6.04. The van der Waals surface area contributed by atoms with E-state index in [9.17, 15) is 14.0 Å². The second-order valence-electron chi connectivity index (χ2n) is 7.76. The Kier molecular flexibility index (Phi) is 4.45. The second-order valence-corrected chi connectivity index (χ2v) is 7.76. The van der Waals surface area contributed by atoms with Crippen molar-refractivity contribution >= 4 is 17.4 Å². The molecule has 0 radical (unpaired) electrons. The van der Waals surface area contributed by atoms with Crippen LogP contribution < -0.4 is 14.4 Å². The molecule has 2 fully saturated rings. The van der Waals surface area contributed by atoms with Gasteiger partial charge < -0.3 is 14.4 Å². The number of Topliss-reactive ketones (excluding diaryl/α,β-unsaturated/α-hetero) is 1. The van der Waals surface area contributed by atoms with Crippen molar-refractivity contribution in [3.05, 3.63) is 47.4 Å². The van der Waals surface area contributed by atoms with Crippen molar-refractivity contribution in [3.63, 3.8) is 0 Å². The molecular formula is C22H21FN2O4. The van der Waals surface area contributed by atoms with Crippen molar-refractivity contribution < 1.29 is 23.5 Å². The molecule has 150 valence electrons. The van der Waals surface area contributed by atoms with Crippen LogP contribution in [0.15, 0.2) is 30.5 Å². The molecule has 1 saturated carbocycles. The van der Waals surface area contributed by atoms with Crippen molar-refractivity contribution in [3.8, 4) is 11.6 Å². The van der Waals surface area contributed by atoms with Crippen molar-refractivity contribution in [2.75, 3.05) is 11.4 Å². The van der Waals surface area contributed by atoms with Crippen LogP contribution in [0.2, 0.25) is 0 Å². The molecule has 0 unspecified atom stereocenters. The molecule has 29 heavy (non-hydrogen) atoms. The number of carbonyl (C=O) groups is 2. The number of anilines is 1. The molecule has 5 rings (SSSR count). The van der Waals surface area contributed by atoms with E-state index in [0.29, 0.717) is 54.3 Å². The highest BCUT2D eigenvalue weighted by Gasteiger charge is 2.36. The molecule has 1 amide bonds. The first-order valence-corrected chi connectivity index (χ1v) is 10.0. The maximum Gasteiger partial charge on any atom is 0.268 e. The Morgan fingerprint density at radius 3 is 2.72 bits per heavy atom. The van der Waals surface area contributed by atoms with Gasteiger partial charge >= 0.3 is 0 Å². The minimum absolute atomic E-state index is 0.0732. The van der Waals surface area contributed by atoms with Crippen molar-refractivity contribution in [2.24, 2.45) is 0 Å². The number of ketones is 1. The van der Waals surface area contributed by atoms with E-state index >= 15 is 0 Å². The van der Waals surface area contributed by atoms with E-state index in [2.05, 4.69) is 4.98 Å². The van der Waals surface area contributed by atoms with Gasteiger partial charge in [-0.1, -0.05) is 0 Å². The van der Waals surface area contributed by atoms with Gasteiger partial charge in [-0.05, 0) is 49.4 Å². The highest BCUT2D eigenvalue weighted by atomic mass is 19.1. The average Bonchev–Trinajstić information content (AvgIpc) is 3.22. The fraction of sp³-hybridized carbons (Fsp3) is 0.409. The number of benzene rings is 1. The number of carbonyl (C=O) groups excluding carboxylic acids is 2. The van der Waals surface area contributed by atoms with Gasteiger partial charge in [-0.2, -0.15) is 0 Å². The molecule has 7 heteroatoms. The normalized spacial score (nSPS) is 21.3. The lowest BCUT2D eigenvalue weighted by Gasteiger charge is -2.25. The monoisotopic (exact) mass is 396 g/mol. The van der Waals surface area contributed by atoms with Crippen LogP contribution in [0.3, 0.4) is 0 Å². The third kappa shape index (κ3) is 3.34. The molecule has 0 bridgehead atoms. The molecule has 1 aliphatic heterocycles. The zero-order chi connectivity index (χ0) is 20.0. The van der Waals surface area contributed by atoms with Gasteiger partial charge in [0.15, 0.2) is 11.9 Å². The maximum absolute atomic E-state index is 14.4. The van der Waals surface area contributed by atoms with Gasteiger partial charge in [0.05, 0.1) is 0 Å². The van der Waals surface area contributed by atoms with Crippen molar-refractivity contribution in [1.29, 1.82) is 0 Å². The molecule has 0 spiro atoms. The predicted molar refractivity (Wildman–Crippen MR) is 103 cm³/mol. The maximum atomic E-state index is 14.4. The summed E-state index contributed by atoms with van der Waals surface area (Å²) in [5, 5.41) is 0. The quantitative estimate of drug-likeness (QED) is 0.774. The van der Waals surface area contributed by atoms with E-state index in [4.69, 9.17) is 9.47 Å². The highest BCUT2D eigenvalue weighted by Crippen LogP contribution is 2.33. The largest absolute Gasteiger partial charge is 0.480 e. The van der Waals surface area contributed by atoms with Crippen molar-refractivity contribution in [1.82, 2.24) is 4.98 Å². The molecule has 6 nitrogen and oxygen atoms in total. The topological polar surface area (TPSA) is 68.7 Å². The van der Waals surface area contributed by atoms with Crippen molar-refractivity contribution in [2.45, 2.75) is 50.7 Å². The number of aromatic nitrogens is 1. The fourth-order valence-corrected chi connectivity index (χ4v) is 4.03. The number of halogens is 1. The van der Waals surface area contributed by atoms with E-state index in [1.54, 1.807) is 24.4 Å². The number of ether oxygens (including phenoxy) is 2. The molecule has 2 heterocycles. The summed E-state index contributed by atoms with van der Waals surface area (Å²) in [6.45, 7) is 0.409. The molecule has 1 atom stereocenters. The van der Waals surface area contributed by atoms with E-state index in [1.807, 2.05) is 0 Å². The summed E-state index contributed by atoms with van der Waals surface area (Å²) in [5.41, 5.74) is 1.26. The summed E-state index contributed by atoms with van der Waals surface area (Å²) in [6, 6.07) is 6.36. The van der Waals surface area contributed by atoms with Crippen LogP contribution >= 0.6 is 0 Å². The van der Waals surface area contributed by atoms with E-state index < -0.39 is 11.9 Å². The standard InChI is InChI=1S/C22H21FN2O4/c23-18-11-13(10-17-16(18)4-5-19(17)26)25-9-7-20(22(25)27)28-15-6-8-24-21(12-15)29-14-2-1-3-14/h6,8,10-12,14,20H,1-5,7,9H2/t20-/m1/s1. The van der Waals surface area contributed by atoms with Gasteiger partial charge in [0.2, 0.25) is 5.88 Å². The van der Waals surface area contributed by atoms with Gasteiger partial charge in [0.1, 0.15) is 17.7 Å². The van der Waals surface area contributed by atoms with Crippen LogP contribution in [0.4, 0.5) is 10.1 Å². The molecule has 2 aliphatic carbocycles. The Morgan fingerprint density at radius 2 is 1.93 bits per heavy atom. The number of hydrogen-bond acceptors (Lipinski definition) is 5. The number of rotatable bonds is 5. The minimum Gasteiger partial charge on any atom is -0.480 e. The first-order valence-electron chi connectivity index (χ1n) is 10.0. The van der Waals surface area contributed by atoms with Crippen LogP contribution in [0.5, 0.6) is 11.6 Å². The third-order valence-corrected chi connectivity index (χ3v) is 5.88. The number of pyridine rings is 1. The molecule has 3 aliphatic rings. The average molecular weight is 396 g/mol. The third-order valence-electron chi connectivity index (χ3n) is 5.88. The zero-order valence-electron chi connectivity index (χ0n) is 15.9. The van der Waals surface area contributed by atoms with Gasteiger partial charge in [-0.25, -0.2) is 9.37 Å². The number of hydrogen-bond donors (Lipinski definition) is 0. The summed E-state index contributed by atoms with van der Waals surface area (Å²) in [7, 11) is 0. The first kappa shape index (κ1) is 18.1. The lowest BCUT2D eigenvalue weighted by atomic mass is 9.96. The van der Waals surface area contributed by atoms with Gasteiger partial charge in [-0.15, -0.1) is 0 Å². The lowest BCUT2D eigenvalue weighted by Crippen LogP contribution is -2.32. The molecule has 0 N–H and O–H groups in total. The van der Waals surface area contributed by atoms with Crippen LogP contribution in [-0.4, -0.2) is 35.4 Å². The Hall–Kier alpha value is -2.96. The fourth-order valence-electron chi connectivity index (χ4n) is 4.03. The molecule has 1 saturated heterocycles. The van der Waals surface area contributed by atoms with E-state index in [-0.39, 0.29) is 17.8 Å². The smallest absolute Gasteiger partial charge is 0.268 e. The molecular weight excluding hydrogens is 375 g/mol. The summed E-state index contributed by atoms with van der Waals surface area (Å²) < 4.78 is 26.1. The predicted octanol–water partition coefficient (Wildman–Crippen LogP) is 3.47. The number of amides is 1. The molecule has 1 aromatic heterocycles. The van der Waals surface area contributed by atoms with E-state index in [1.165, 1.54) is 17.4 Å². The van der Waals surface area contributed by atoms with Crippen LogP contribution in [0, 0.1) is 5.82 Å². The Morgan fingerprint density at radius 1 is 1.07 bits per heavy atom. The Bertz CT molecular complexity index is 989. The summed E-state index contributed by atoms with van der Waals surface area (Å²) in [6.07, 6.45) is 5.60. The molecule has 1 aromatic carbocycles. The number of nitrogens with zero attached hydrogens (tertiary/aromatic N) is 2.